The minimum absolute atomic E-state index is 0.189. The van der Waals surface area contributed by atoms with Gasteiger partial charge in [-0.2, -0.15) is 24.9 Å². The van der Waals surface area contributed by atoms with Crippen LogP contribution >= 0.6 is 23.1 Å². The van der Waals surface area contributed by atoms with Gasteiger partial charge in [0, 0.05) is 29.6 Å². The van der Waals surface area contributed by atoms with E-state index in [1.54, 1.807) is 5.38 Å². The standard InChI is InChI=1S/C25H33F3N4OS2/c1-17(34-2)7-12-31-13-8-18(9-14-31)24-30-21(16-35-24)23(33)29-20-15-19(25(26,27)28)5-6-22(20)32-10-3-4-11-32/h5-6,15-18H,3-4,7-14H2,1-2H3,(H,29,33). The first-order valence-corrected chi connectivity index (χ1v) is 14.4. The summed E-state index contributed by atoms with van der Waals surface area (Å²) in [6, 6.07) is 3.58. The molecule has 192 valence electrons. The van der Waals surface area contributed by atoms with E-state index in [4.69, 9.17) is 0 Å². The second kappa shape index (κ2) is 11.5. The summed E-state index contributed by atoms with van der Waals surface area (Å²) in [7, 11) is 0. The smallest absolute Gasteiger partial charge is 0.370 e. The van der Waals surface area contributed by atoms with Crippen LogP contribution in [0.3, 0.4) is 0 Å². The fourth-order valence-electron chi connectivity index (χ4n) is 4.70. The van der Waals surface area contributed by atoms with E-state index in [0.29, 0.717) is 16.9 Å². The molecule has 2 aromatic rings. The van der Waals surface area contributed by atoms with Gasteiger partial charge in [0.1, 0.15) is 5.69 Å². The zero-order valence-electron chi connectivity index (χ0n) is 20.2. The van der Waals surface area contributed by atoms with Crippen molar-refractivity contribution in [1.29, 1.82) is 0 Å². The van der Waals surface area contributed by atoms with Crippen LogP contribution in [-0.2, 0) is 6.18 Å². The number of benzene rings is 1. The van der Waals surface area contributed by atoms with Gasteiger partial charge >= 0.3 is 6.18 Å². The lowest BCUT2D eigenvalue weighted by Gasteiger charge is -2.31. The molecule has 0 spiro atoms. The van der Waals surface area contributed by atoms with Crippen LogP contribution in [0.5, 0.6) is 0 Å². The van der Waals surface area contributed by atoms with Gasteiger partial charge in [-0.05, 0) is 76.2 Å². The van der Waals surface area contributed by atoms with E-state index in [9.17, 15) is 18.0 Å². The highest BCUT2D eigenvalue weighted by Gasteiger charge is 2.32. The predicted molar refractivity (Wildman–Crippen MR) is 139 cm³/mol. The van der Waals surface area contributed by atoms with Crippen molar-refractivity contribution in [2.75, 3.05) is 49.2 Å². The fraction of sp³-hybridized carbons (Fsp3) is 0.600. The lowest BCUT2D eigenvalue weighted by Crippen LogP contribution is -2.34. The van der Waals surface area contributed by atoms with Crippen LogP contribution in [0, 0.1) is 0 Å². The van der Waals surface area contributed by atoms with Crippen molar-refractivity contribution in [3.05, 3.63) is 39.8 Å². The van der Waals surface area contributed by atoms with Crippen LogP contribution in [0.25, 0.3) is 0 Å². The number of anilines is 2. The average Bonchev–Trinajstić information content (AvgIpc) is 3.55. The maximum absolute atomic E-state index is 13.3. The topological polar surface area (TPSA) is 48.5 Å². The number of nitrogens with zero attached hydrogens (tertiary/aromatic N) is 3. The Hall–Kier alpha value is -1.78. The van der Waals surface area contributed by atoms with Crippen LogP contribution in [0.2, 0.25) is 0 Å². The molecule has 1 unspecified atom stereocenters. The zero-order valence-corrected chi connectivity index (χ0v) is 21.9. The first-order valence-electron chi connectivity index (χ1n) is 12.2. The number of hydrogen-bond donors (Lipinski definition) is 1. The van der Waals surface area contributed by atoms with Crippen molar-refractivity contribution in [3.8, 4) is 0 Å². The molecule has 1 amide bonds. The summed E-state index contributed by atoms with van der Waals surface area (Å²) in [6.07, 6.45) is 2.84. The van der Waals surface area contributed by atoms with E-state index in [0.717, 1.165) is 75.5 Å². The van der Waals surface area contributed by atoms with Crippen molar-refractivity contribution in [1.82, 2.24) is 9.88 Å². The molecule has 0 bridgehead atoms. The van der Waals surface area contributed by atoms with E-state index in [1.165, 1.54) is 23.8 Å². The van der Waals surface area contributed by atoms with Gasteiger partial charge < -0.3 is 15.1 Å². The predicted octanol–water partition coefficient (Wildman–Crippen LogP) is 6.34. The van der Waals surface area contributed by atoms with E-state index < -0.39 is 17.6 Å². The summed E-state index contributed by atoms with van der Waals surface area (Å²) in [5.74, 6) is -0.139. The number of thiazole rings is 1. The molecule has 1 atom stereocenters. The molecule has 2 aliphatic heterocycles. The highest BCUT2D eigenvalue weighted by atomic mass is 32.2. The number of carbonyl (C=O) groups is 1. The average molecular weight is 527 g/mol. The Labute approximate surface area is 213 Å². The normalized spacial score (nSPS) is 18.7. The zero-order chi connectivity index (χ0) is 25.0. The number of likely N-dealkylation sites (tertiary alicyclic amines) is 1. The Bertz CT molecular complexity index is 999. The molecule has 10 heteroatoms. The van der Waals surface area contributed by atoms with E-state index in [1.807, 2.05) is 16.7 Å². The first-order chi connectivity index (χ1) is 16.7. The van der Waals surface area contributed by atoms with E-state index >= 15 is 0 Å². The number of amides is 1. The van der Waals surface area contributed by atoms with Crippen molar-refractivity contribution in [2.45, 2.75) is 56.4 Å². The second-order valence-electron chi connectivity index (χ2n) is 9.40. The van der Waals surface area contributed by atoms with Crippen molar-refractivity contribution in [2.24, 2.45) is 0 Å². The number of hydrogen-bond acceptors (Lipinski definition) is 6. The third-order valence-corrected chi connectivity index (χ3v) is 9.01. The molecule has 1 aromatic carbocycles. The number of aromatic nitrogens is 1. The number of rotatable bonds is 8. The van der Waals surface area contributed by atoms with Gasteiger partial charge in [0.2, 0.25) is 0 Å². The Morgan fingerprint density at radius 3 is 2.60 bits per heavy atom. The molecular formula is C25H33F3N4OS2. The number of carbonyl (C=O) groups excluding carboxylic acids is 1. The van der Waals surface area contributed by atoms with Gasteiger partial charge in [-0.3, -0.25) is 4.79 Å². The fourth-order valence-corrected chi connectivity index (χ4v) is 6.01. The van der Waals surface area contributed by atoms with Crippen LogP contribution in [0.1, 0.15) is 66.0 Å². The maximum Gasteiger partial charge on any atom is 0.416 e. The minimum atomic E-state index is -4.47. The lowest BCUT2D eigenvalue weighted by atomic mass is 9.97. The monoisotopic (exact) mass is 526 g/mol. The highest BCUT2D eigenvalue weighted by Crippen LogP contribution is 2.37. The number of piperidine rings is 1. The molecular weight excluding hydrogens is 493 g/mol. The van der Waals surface area contributed by atoms with Crippen molar-refractivity contribution in [3.63, 3.8) is 0 Å². The molecule has 2 saturated heterocycles. The maximum atomic E-state index is 13.3. The van der Waals surface area contributed by atoms with Crippen molar-refractivity contribution < 1.29 is 18.0 Å². The Kier molecular flexibility index (Phi) is 8.65. The Balaban J connectivity index is 1.41. The number of nitrogens with one attached hydrogen (secondary N) is 1. The molecule has 2 aliphatic rings. The third kappa shape index (κ3) is 6.71. The van der Waals surface area contributed by atoms with Crippen LogP contribution in [0.15, 0.2) is 23.6 Å². The molecule has 3 heterocycles. The van der Waals surface area contributed by atoms with Crippen LogP contribution in [-0.4, -0.2) is 60.0 Å². The third-order valence-electron chi connectivity index (χ3n) is 6.96. The number of halogens is 3. The summed E-state index contributed by atoms with van der Waals surface area (Å²) in [5, 5.41) is 6.05. The summed E-state index contributed by atoms with van der Waals surface area (Å²) < 4.78 is 40.0. The Morgan fingerprint density at radius 2 is 1.94 bits per heavy atom. The van der Waals surface area contributed by atoms with Crippen LogP contribution < -0.4 is 10.2 Å². The van der Waals surface area contributed by atoms with Gasteiger partial charge in [0.15, 0.2) is 0 Å². The SMILES string of the molecule is CSC(C)CCN1CCC(c2nc(C(=O)Nc3cc(C(F)(F)F)ccc3N3CCCC3)cs2)CC1. The minimum Gasteiger partial charge on any atom is -0.370 e. The molecule has 0 aliphatic carbocycles. The number of thioether (sulfide) groups is 1. The van der Waals surface area contributed by atoms with E-state index in [-0.39, 0.29) is 11.4 Å². The molecule has 2 fully saturated rings. The van der Waals surface area contributed by atoms with Gasteiger partial charge in [-0.15, -0.1) is 11.3 Å². The second-order valence-corrected chi connectivity index (χ2v) is 11.6. The lowest BCUT2D eigenvalue weighted by molar-refractivity contribution is -0.137. The molecule has 0 radical (unpaired) electrons. The molecule has 1 N–H and O–H groups in total. The molecule has 1 aromatic heterocycles. The Morgan fingerprint density at radius 1 is 1.23 bits per heavy atom. The summed E-state index contributed by atoms with van der Waals surface area (Å²) in [4.78, 5) is 22.1. The first kappa shape index (κ1) is 26.3. The number of alkyl halides is 3. The molecule has 35 heavy (non-hydrogen) atoms. The highest BCUT2D eigenvalue weighted by molar-refractivity contribution is 7.99. The summed E-state index contributed by atoms with van der Waals surface area (Å²) in [5.41, 5.74) is 0.316. The molecule has 5 nitrogen and oxygen atoms in total. The summed E-state index contributed by atoms with van der Waals surface area (Å²) in [6.45, 7) is 6.95. The summed E-state index contributed by atoms with van der Waals surface area (Å²) >= 11 is 3.37. The van der Waals surface area contributed by atoms with Gasteiger partial charge in [0.25, 0.3) is 5.91 Å². The van der Waals surface area contributed by atoms with Gasteiger partial charge in [0.05, 0.1) is 21.9 Å². The van der Waals surface area contributed by atoms with Crippen molar-refractivity contribution >= 4 is 40.4 Å². The molecule has 0 saturated carbocycles. The quantitative estimate of drug-likeness (QED) is 0.435. The molecule has 4 rings (SSSR count). The van der Waals surface area contributed by atoms with Gasteiger partial charge in [-0.1, -0.05) is 6.92 Å². The van der Waals surface area contributed by atoms with Gasteiger partial charge in [-0.25, -0.2) is 4.98 Å². The largest absolute Gasteiger partial charge is 0.416 e. The van der Waals surface area contributed by atoms with E-state index in [2.05, 4.69) is 28.4 Å². The van der Waals surface area contributed by atoms with Crippen LogP contribution in [0.4, 0.5) is 24.5 Å².